The fourth-order valence-electron chi connectivity index (χ4n) is 2.95. The van der Waals surface area contributed by atoms with Gasteiger partial charge in [0.2, 0.25) is 5.91 Å². The van der Waals surface area contributed by atoms with E-state index < -0.39 is 0 Å². The van der Waals surface area contributed by atoms with Crippen molar-refractivity contribution in [3.05, 3.63) is 34.9 Å². The van der Waals surface area contributed by atoms with Crippen LogP contribution in [0.2, 0.25) is 5.02 Å². The molecule has 1 saturated heterocycles. The summed E-state index contributed by atoms with van der Waals surface area (Å²) >= 11 is 5.84. The normalized spacial score (nSPS) is 19.4. The SMILES string of the molecule is CCC1CCCCN1CCC(=O)NCc1ccc(Cl)cc1. The molecule has 3 nitrogen and oxygen atoms in total. The molecule has 21 heavy (non-hydrogen) atoms. The van der Waals surface area contributed by atoms with Gasteiger partial charge >= 0.3 is 0 Å². The van der Waals surface area contributed by atoms with Gasteiger partial charge in [-0.25, -0.2) is 0 Å². The third kappa shape index (κ3) is 5.33. The Morgan fingerprint density at radius 1 is 1.33 bits per heavy atom. The monoisotopic (exact) mass is 308 g/mol. The zero-order chi connectivity index (χ0) is 15.1. The maximum absolute atomic E-state index is 12.0. The molecule has 0 spiro atoms. The highest BCUT2D eigenvalue weighted by molar-refractivity contribution is 6.30. The van der Waals surface area contributed by atoms with Crippen LogP contribution >= 0.6 is 11.6 Å². The number of hydrogen-bond acceptors (Lipinski definition) is 2. The molecule has 0 bridgehead atoms. The molecule has 1 aliphatic heterocycles. The molecular weight excluding hydrogens is 284 g/mol. The lowest BCUT2D eigenvalue weighted by Gasteiger charge is -2.35. The van der Waals surface area contributed by atoms with Crippen LogP contribution in [0, 0.1) is 0 Å². The lowest BCUT2D eigenvalue weighted by Crippen LogP contribution is -2.41. The summed E-state index contributed by atoms with van der Waals surface area (Å²) in [5.74, 6) is 0.130. The summed E-state index contributed by atoms with van der Waals surface area (Å²) in [6, 6.07) is 8.26. The smallest absolute Gasteiger partial charge is 0.221 e. The van der Waals surface area contributed by atoms with E-state index in [1.807, 2.05) is 24.3 Å². The van der Waals surface area contributed by atoms with Gasteiger partial charge in [0.1, 0.15) is 0 Å². The second-order valence-corrected chi connectivity index (χ2v) is 6.18. The van der Waals surface area contributed by atoms with E-state index in [4.69, 9.17) is 11.6 Å². The number of hydrogen-bond donors (Lipinski definition) is 1. The van der Waals surface area contributed by atoms with Crippen molar-refractivity contribution < 1.29 is 4.79 Å². The number of amides is 1. The molecule has 1 aromatic rings. The Morgan fingerprint density at radius 3 is 2.81 bits per heavy atom. The molecule has 0 aromatic heterocycles. The lowest BCUT2D eigenvalue weighted by molar-refractivity contribution is -0.121. The molecule has 1 aromatic carbocycles. The highest BCUT2D eigenvalue weighted by Gasteiger charge is 2.20. The fraction of sp³-hybridized carbons (Fsp3) is 0.588. The Bertz CT molecular complexity index is 447. The van der Waals surface area contributed by atoms with Gasteiger partial charge in [-0.2, -0.15) is 0 Å². The Labute approximate surface area is 132 Å². The molecule has 1 amide bonds. The highest BCUT2D eigenvalue weighted by Crippen LogP contribution is 2.19. The van der Waals surface area contributed by atoms with E-state index in [1.54, 1.807) is 0 Å². The number of piperidine rings is 1. The Morgan fingerprint density at radius 2 is 2.10 bits per heavy atom. The molecule has 2 rings (SSSR count). The van der Waals surface area contributed by atoms with Gasteiger partial charge in [0.25, 0.3) is 0 Å². The molecule has 1 aliphatic rings. The third-order valence-electron chi connectivity index (χ3n) is 4.25. The van der Waals surface area contributed by atoms with Gasteiger partial charge in [0, 0.05) is 30.6 Å². The van der Waals surface area contributed by atoms with E-state index in [9.17, 15) is 4.79 Å². The zero-order valence-corrected chi connectivity index (χ0v) is 13.5. The number of carbonyl (C=O) groups is 1. The quantitative estimate of drug-likeness (QED) is 0.870. The van der Waals surface area contributed by atoms with E-state index >= 15 is 0 Å². The third-order valence-corrected chi connectivity index (χ3v) is 4.50. The van der Waals surface area contributed by atoms with Crippen LogP contribution in [-0.4, -0.2) is 29.9 Å². The predicted molar refractivity (Wildman–Crippen MR) is 87.4 cm³/mol. The summed E-state index contributed by atoms with van der Waals surface area (Å²) in [7, 11) is 0. The average Bonchev–Trinajstić information content (AvgIpc) is 2.52. The van der Waals surface area contributed by atoms with Crippen molar-refractivity contribution >= 4 is 17.5 Å². The van der Waals surface area contributed by atoms with Crippen LogP contribution in [0.15, 0.2) is 24.3 Å². The summed E-state index contributed by atoms with van der Waals surface area (Å²) in [5, 5.41) is 3.71. The van der Waals surface area contributed by atoms with Crippen molar-refractivity contribution in [1.29, 1.82) is 0 Å². The number of rotatable bonds is 6. The van der Waals surface area contributed by atoms with E-state index in [-0.39, 0.29) is 5.91 Å². The van der Waals surface area contributed by atoms with Gasteiger partial charge in [-0.1, -0.05) is 37.1 Å². The Balaban J connectivity index is 1.70. The lowest BCUT2D eigenvalue weighted by atomic mass is 10.00. The van der Waals surface area contributed by atoms with E-state index in [0.717, 1.165) is 23.7 Å². The molecule has 1 fully saturated rings. The van der Waals surface area contributed by atoms with E-state index in [2.05, 4.69) is 17.1 Å². The van der Waals surface area contributed by atoms with Crippen molar-refractivity contribution in [3.63, 3.8) is 0 Å². The first-order valence-electron chi connectivity index (χ1n) is 7.94. The molecule has 0 aliphatic carbocycles. The topological polar surface area (TPSA) is 32.3 Å². The molecule has 1 atom stereocenters. The molecule has 4 heteroatoms. The fourth-order valence-corrected chi connectivity index (χ4v) is 3.08. The van der Waals surface area contributed by atoms with Crippen molar-refractivity contribution in [2.24, 2.45) is 0 Å². The number of carbonyl (C=O) groups excluding carboxylic acids is 1. The summed E-state index contributed by atoms with van der Waals surface area (Å²) in [4.78, 5) is 14.4. The molecule has 116 valence electrons. The van der Waals surface area contributed by atoms with Crippen LogP contribution < -0.4 is 5.32 Å². The molecule has 1 heterocycles. The minimum atomic E-state index is 0.130. The summed E-state index contributed by atoms with van der Waals surface area (Å²) in [6.07, 6.45) is 5.65. The summed E-state index contributed by atoms with van der Waals surface area (Å²) in [5.41, 5.74) is 1.08. The molecular formula is C17H25ClN2O. The second kappa shape index (κ2) is 8.40. The number of nitrogens with zero attached hydrogens (tertiary/aromatic N) is 1. The second-order valence-electron chi connectivity index (χ2n) is 5.75. The van der Waals surface area contributed by atoms with Crippen LogP contribution in [0.3, 0.4) is 0 Å². The number of benzene rings is 1. The van der Waals surface area contributed by atoms with Gasteiger partial charge in [-0.15, -0.1) is 0 Å². The standard InChI is InChI=1S/C17H25ClN2O/c1-2-16-5-3-4-11-20(16)12-10-17(21)19-13-14-6-8-15(18)9-7-14/h6-9,16H,2-5,10-13H2,1H3,(H,19,21). The van der Waals surface area contributed by atoms with Gasteiger partial charge in [-0.3, -0.25) is 9.69 Å². The van der Waals surface area contributed by atoms with Crippen molar-refractivity contribution in [2.75, 3.05) is 13.1 Å². The highest BCUT2D eigenvalue weighted by atomic mass is 35.5. The Hall–Kier alpha value is -1.06. The van der Waals surface area contributed by atoms with E-state index in [1.165, 1.54) is 25.7 Å². The Kier molecular flexibility index (Phi) is 6.52. The van der Waals surface area contributed by atoms with Crippen molar-refractivity contribution in [3.8, 4) is 0 Å². The van der Waals surface area contributed by atoms with Crippen LogP contribution in [0.1, 0.15) is 44.6 Å². The van der Waals surface area contributed by atoms with Crippen molar-refractivity contribution in [1.82, 2.24) is 10.2 Å². The zero-order valence-electron chi connectivity index (χ0n) is 12.8. The minimum Gasteiger partial charge on any atom is -0.352 e. The molecule has 0 saturated carbocycles. The molecule has 1 N–H and O–H groups in total. The van der Waals surface area contributed by atoms with Gasteiger partial charge in [-0.05, 0) is 43.5 Å². The van der Waals surface area contributed by atoms with E-state index in [0.29, 0.717) is 19.0 Å². The number of likely N-dealkylation sites (tertiary alicyclic amines) is 1. The van der Waals surface area contributed by atoms with Gasteiger partial charge < -0.3 is 5.32 Å². The first-order chi connectivity index (χ1) is 10.2. The summed E-state index contributed by atoms with van der Waals surface area (Å²) < 4.78 is 0. The first kappa shape index (κ1) is 16.3. The average molecular weight is 309 g/mol. The van der Waals surface area contributed by atoms with Crippen molar-refractivity contribution in [2.45, 2.75) is 51.6 Å². The number of halogens is 1. The largest absolute Gasteiger partial charge is 0.352 e. The van der Waals surface area contributed by atoms with Crippen LogP contribution in [0.25, 0.3) is 0 Å². The molecule has 1 unspecified atom stereocenters. The predicted octanol–water partition coefficient (Wildman–Crippen LogP) is 3.61. The first-order valence-corrected chi connectivity index (χ1v) is 8.32. The maximum Gasteiger partial charge on any atom is 0.221 e. The van der Waals surface area contributed by atoms with Crippen LogP contribution in [-0.2, 0) is 11.3 Å². The maximum atomic E-state index is 12.0. The minimum absolute atomic E-state index is 0.130. The van der Waals surface area contributed by atoms with Crippen LogP contribution in [0.4, 0.5) is 0 Å². The van der Waals surface area contributed by atoms with Gasteiger partial charge in [0.05, 0.1) is 0 Å². The van der Waals surface area contributed by atoms with Gasteiger partial charge in [0.15, 0.2) is 0 Å². The summed E-state index contributed by atoms with van der Waals surface area (Å²) in [6.45, 7) is 4.84. The number of nitrogens with one attached hydrogen (secondary N) is 1. The molecule has 0 radical (unpaired) electrons. The van der Waals surface area contributed by atoms with Crippen LogP contribution in [0.5, 0.6) is 0 Å².